The second-order valence-corrected chi connectivity index (χ2v) is 6.17. The van der Waals surface area contributed by atoms with Crippen LogP contribution in [0.25, 0.3) is 0 Å². The van der Waals surface area contributed by atoms with Crippen molar-refractivity contribution in [2.24, 2.45) is 0 Å². The highest BCUT2D eigenvalue weighted by Crippen LogP contribution is 2.18. The van der Waals surface area contributed by atoms with Crippen LogP contribution in [0.15, 0.2) is 22.9 Å². The Morgan fingerprint density at radius 1 is 1.45 bits per heavy atom. The molecule has 0 aromatic carbocycles. The molecule has 0 spiro atoms. The van der Waals surface area contributed by atoms with Crippen molar-refractivity contribution >= 4 is 34.6 Å². The third-order valence-corrected chi connectivity index (χ3v) is 4.63. The second-order valence-electron chi connectivity index (χ2n) is 4.24. The van der Waals surface area contributed by atoms with Gasteiger partial charge in [0.2, 0.25) is 5.91 Å². The molecule has 1 unspecified atom stereocenters. The lowest BCUT2D eigenvalue weighted by atomic mass is 10.2. The number of hydrogen-bond acceptors (Lipinski definition) is 5. The molecule has 0 radical (unpaired) electrons. The Hall–Kier alpha value is -1.73. The molecule has 20 heavy (non-hydrogen) atoms. The van der Waals surface area contributed by atoms with Gasteiger partial charge in [-0.1, -0.05) is 6.07 Å². The van der Waals surface area contributed by atoms with Crippen molar-refractivity contribution in [3.05, 3.63) is 38.5 Å². The highest BCUT2D eigenvalue weighted by Gasteiger charge is 2.15. The quantitative estimate of drug-likeness (QED) is 0.860. The molecule has 0 aliphatic carbocycles. The minimum Gasteiger partial charge on any atom is -0.476 e. The molecule has 2 aromatic rings. The monoisotopic (exact) mass is 310 g/mol. The molecule has 1 amide bonds. The zero-order valence-electron chi connectivity index (χ0n) is 10.8. The van der Waals surface area contributed by atoms with Gasteiger partial charge < -0.3 is 10.4 Å². The van der Waals surface area contributed by atoms with Crippen LogP contribution in [0.4, 0.5) is 0 Å². The first kappa shape index (κ1) is 14.7. The molecule has 1 atom stereocenters. The van der Waals surface area contributed by atoms with Crippen molar-refractivity contribution in [3.63, 3.8) is 0 Å². The predicted molar refractivity (Wildman–Crippen MR) is 78.3 cm³/mol. The number of carboxylic acids is 1. The number of aromatic carboxylic acids is 1. The molecular formula is C13H14N2O3S2. The van der Waals surface area contributed by atoms with E-state index in [2.05, 4.69) is 10.3 Å². The van der Waals surface area contributed by atoms with Gasteiger partial charge in [-0.2, -0.15) is 0 Å². The largest absolute Gasteiger partial charge is 0.476 e. The summed E-state index contributed by atoms with van der Waals surface area (Å²) in [6, 6.07) is 3.69. The van der Waals surface area contributed by atoms with Crippen LogP contribution < -0.4 is 5.32 Å². The number of hydrogen-bond donors (Lipinski definition) is 2. The van der Waals surface area contributed by atoms with Crippen molar-refractivity contribution in [1.29, 1.82) is 0 Å². The number of amides is 1. The lowest BCUT2D eigenvalue weighted by Crippen LogP contribution is -2.26. The lowest BCUT2D eigenvalue weighted by molar-refractivity contribution is -0.121. The highest BCUT2D eigenvalue weighted by atomic mass is 32.1. The number of aryl methyl sites for hydroxylation is 1. The molecular weight excluding hydrogens is 296 g/mol. The van der Waals surface area contributed by atoms with Gasteiger partial charge in [-0.25, -0.2) is 9.78 Å². The van der Waals surface area contributed by atoms with Crippen molar-refractivity contribution in [2.75, 3.05) is 0 Å². The van der Waals surface area contributed by atoms with E-state index >= 15 is 0 Å². The molecule has 0 aliphatic rings. The number of rotatable bonds is 6. The fourth-order valence-corrected chi connectivity index (χ4v) is 3.16. The molecule has 0 saturated heterocycles. The van der Waals surface area contributed by atoms with Gasteiger partial charge in [0.05, 0.1) is 6.04 Å². The molecule has 0 fully saturated rings. The Kier molecular flexibility index (Phi) is 4.86. The molecule has 106 valence electrons. The van der Waals surface area contributed by atoms with Crippen molar-refractivity contribution in [2.45, 2.75) is 25.8 Å². The number of nitrogens with zero attached hydrogens (tertiary/aromatic N) is 1. The molecule has 0 bridgehead atoms. The highest BCUT2D eigenvalue weighted by molar-refractivity contribution is 7.10. The number of thiazole rings is 1. The van der Waals surface area contributed by atoms with E-state index < -0.39 is 5.97 Å². The van der Waals surface area contributed by atoms with Crippen LogP contribution in [0.1, 0.15) is 39.8 Å². The third-order valence-electron chi connectivity index (χ3n) is 2.67. The third kappa shape index (κ3) is 3.88. The smallest absolute Gasteiger partial charge is 0.355 e. The first-order valence-corrected chi connectivity index (χ1v) is 7.82. The number of thiophene rings is 1. The zero-order chi connectivity index (χ0) is 14.5. The summed E-state index contributed by atoms with van der Waals surface area (Å²) >= 11 is 2.87. The second kappa shape index (κ2) is 6.62. The van der Waals surface area contributed by atoms with Gasteiger partial charge in [0.15, 0.2) is 5.69 Å². The number of nitrogens with one attached hydrogen (secondary N) is 1. The minimum atomic E-state index is -1.05. The predicted octanol–water partition coefficient (Wildman–Crippen LogP) is 2.71. The summed E-state index contributed by atoms with van der Waals surface area (Å²) in [4.78, 5) is 27.7. The maximum atomic E-state index is 11.8. The van der Waals surface area contributed by atoms with E-state index in [-0.39, 0.29) is 17.6 Å². The normalized spacial score (nSPS) is 12.1. The van der Waals surface area contributed by atoms with E-state index in [0.717, 1.165) is 0 Å². The Balaban J connectivity index is 1.85. The molecule has 0 aliphatic heterocycles. The molecule has 2 aromatic heterocycles. The van der Waals surface area contributed by atoms with Crippen LogP contribution in [0.2, 0.25) is 0 Å². The van der Waals surface area contributed by atoms with Gasteiger partial charge in [0.25, 0.3) is 0 Å². The molecule has 0 saturated carbocycles. The van der Waals surface area contributed by atoms with E-state index in [1.54, 1.807) is 18.3 Å². The minimum absolute atomic E-state index is 0.0182. The summed E-state index contributed by atoms with van der Waals surface area (Å²) < 4.78 is 0. The first-order valence-electron chi connectivity index (χ1n) is 6.06. The average Bonchev–Trinajstić information content (AvgIpc) is 3.07. The molecule has 2 N–H and O–H groups in total. The fraction of sp³-hybridized carbons (Fsp3) is 0.308. The van der Waals surface area contributed by atoms with Gasteiger partial charge in [-0.3, -0.25) is 4.79 Å². The molecule has 2 heterocycles. The van der Waals surface area contributed by atoms with Crippen LogP contribution >= 0.6 is 22.7 Å². The molecule has 2 rings (SSSR count). The van der Waals surface area contributed by atoms with Crippen molar-refractivity contribution in [1.82, 2.24) is 10.3 Å². The summed E-state index contributed by atoms with van der Waals surface area (Å²) in [7, 11) is 0. The van der Waals surface area contributed by atoms with Gasteiger partial charge >= 0.3 is 5.97 Å². The molecule has 5 nitrogen and oxygen atoms in total. The average molecular weight is 310 g/mol. The van der Waals surface area contributed by atoms with Crippen LogP contribution in [-0.2, 0) is 11.2 Å². The summed E-state index contributed by atoms with van der Waals surface area (Å²) in [5.41, 5.74) is 0.0182. The van der Waals surface area contributed by atoms with E-state index in [1.807, 2.05) is 17.5 Å². The summed E-state index contributed by atoms with van der Waals surface area (Å²) in [5, 5.41) is 15.7. The Bertz CT molecular complexity index is 593. The van der Waals surface area contributed by atoms with Crippen molar-refractivity contribution < 1.29 is 14.7 Å². The first-order chi connectivity index (χ1) is 9.56. The lowest BCUT2D eigenvalue weighted by Gasteiger charge is -2.10. The van der Waals surface area contributed by atoms with E-state index in [1.165, 1.54) is 21.6 Å². The van der Waals surface area contributed by atoms with E-state index in [9.17, 15) is 9.59 Å². The maximum Gasteiger partial charge on any atom is 0.355 e. The Labute approximate surface area is 124 Å². The Morgan fingerprint density at radius 3 is 2.85 bits per heavy atom. The van der Waals surface area contributed by atoms with E-state index in [4.69, 9.17) is 5.11 Å². The number of aromatic nitrogens is 1. The standard InChI is InChI=1S/C13H14N2O3S2/c1-8(12-15-10(7-20-12)13(17)18)14-11(16)5-4-9-3-2-6-19-9/h2-3,6-8H,4-5H2,1H3,(H,14,16)(H,17,18). The van der Waals surface area contributed by atoms with Crippen LogP contribution in [0, 0.1) is 0 Å². The fourth-order valence-electron chi connectivity index (χ4n) is 1.65. The maximum absolute atomic E-state index is 11.8. The van der Waals surface area contributed by atoms with Crippen LogP contribution in [-0.4, -0.2) is 22.0 Å². The van der Waals surface area contributed by atoms with Crippen LogP contribution in [0.3, 0.4) is 0 Å². The summed E-state index contributed by atoms with van der Waals surface area (Å²) in [6.07, 6.45) is 1.14. The zero-order valence-corrected chi connectivity index (χ0v) is 12.5. The summed E-state index contributed by atoms with van der Waals surface area (Å²) in [5.74, 6) is -1.11. The Morgan fingerprint density at radius 2 is 2.25 bits per heavy atom. The molecule has 7 heteroatoms. The van der Waals surface area contributed by atoms with Crippen LogP contribution in [0.5, 0.6) is 0 Å². The van der Waals surface area contributed by atoms with Gasteiger partial charge in [-0.15, -0.1) is 22.7 Å². The van der Waals surface area contributed by atoms with Crippen molar-refractivity contribution in [3.8, 4) is 0 Å². The van der Waals surface area contributed by atoms with Gasteiger partial charge in [0.1, 0.15) is 5.01 Å². The summed E-state index contributed by atoms with van der Waals surface area (Å²) in [6.45, 7) is 1.80. The topological polar surface area (TPSA) is 79.3 Å². The van der Waals surface area contributed by atoms with E-state index in [0.29, 0.717) is 17.8 Å². The van der Waals surface area contributed by atoms with Gasteiger partial charge in [0, 0.05) is 16.7 Å². The number of carboxylic acid groups (broad SMARTS) is 1. The number of carbonyl (C=O) groups excluding carboxylic acids is 1. The number of carbonyl (C=O) groups is 2. The van der Waals surface area contributed by atoms with Gasteiger partial charge in [-0.05, 0) is 24.8 Å². The SMILES string of the molecule is CC(NC(=O)CCc1cccs1)c1nc(C(=O)O)cs1.